The van der Waals surface area contributed by atoms with Crippen molar-refractivity contribution < 1.29 is 24.2 Å². The van der Waals surface area contributed by atoms with E-state index >= 15 is 0 Å². The first kappa shape index (κ1) is 18.2. The third-order valence-electron chi connectivity index (χ3n) is 5.19. The Bertz CT molecular complexity index is 697. The van der Waals surface area contributed by atoms with Crippen LogP contribution in [0.3, 0.4) is 0 Å². The number of hydrogen-bond donors (Lipinski definition) is 2. The van der Waals surface area contributed by atoms with Crippen LogP contribution in [0.4, 0.5) is 10.5 Å². The molecular formula is C19H24N2O5. The van der Waals surface area contributed by atoms with Crippen LogP contribution in [0.5, 0.6) is 0 Å². The number of cyclic esters (lactones) is 1. The maximum atomic E-state index is 12.4. The molecule has 2 N–H and O–H groups in total. The van der Waals surface area contributed by atoms with Crippen LogP contribution in [0.2, 0.25) is 0 Å². The van der Waals surface area contributed by atoms with Crippen LogP contribution in [0, 0.1) is 5.41 Å². The van der Waals surface area contributed by atoms with E-state index < -0.39 is 11.4 Å². The Morgan fingerprint density at radius 3 is 2.65 bits per heavy atom. The first-order valence-electron chi connectivity index (χ1n) is 9.02. The number of anilines is 1. The van der Waals surface area contributed by atoms with Crippen molar-refractivity contribution in [2.24, 2.45) is 5.41 Å². The Balaban J connectivity index is 1.62. The zero-order valence-electron chi connectivity index (χ0n) is 14.7. The van der Waals surface area contributed by atoms with Gasteiger partial charge in [0.25, 0.3) is 0 Å². The molecule has 2 amide bonds. The topological polar surface area (TPSA) is 95.9 Å². The van der Waals surface area contributed by atoms with Gasteiger partial charge in [-0.2, -0.15) is 0 Å². The minimum absolute atomic E-state index is 0.00892. The van der Waals surface area contributed by atoms with Crippen molar-refractivity contribution in [1.29, 1.82) is 0 Å². The normalized spacial score (nSPS) is 19.1. The summed E-state index contributed by atoms with van der Waals surface area (Å²) in [6.07, 6.45) is 3.48. The highest BCUT2D eigenvalue weighted by atomic mass is 16.6. The largest absolute Gasteiger partial charge is 0.481 e. The number of aliphatic carboxylic acids is 1. The van der Waals surface area contributed by atoms with Crippen LogP contribution in [0.15, 0.2) is 24.3 Å². The molecule has 1 aliphatic carbocycles. The summed E-state index contributed by atoms with van der Waals surface area (Å²) < 4.78 is 4.91. The maximum Gasteiger partial charge on any atom is 0.410 e. The van der Waals surface area contributed by atoms with Crippen molar-refractivity contribution in [2.75, 3.05) is 18.5 Å². The summed E-state index contributed by atoms with van der Waals surface area (Å²) in [4.78, 5) is 37.3. The number of nitrogens with zero attached hydrogens (tertiary/aromatic N) is 1. The van der Waals surface area contributed by atoms with Gasteiger partial charge in [-0.15, -0.1) is 0 Å². The number of carboxylic acid groups (broad SMARTS) is 1. The van der Waals surface area contributed by atoms with Gasteiger partial charge in [-0.05, 0) is 30.5 Å². The summed E-state index contributed by atoms with van der Waals surface area (Å²) in [5.41, 5.74) is 0.544. The van der Waals surface area contributed by atoms with Crippen molar-refractivity contribution in [1.82, 2.24) is 4.90 Å². The molecule has 1 aromatic rings. The second-order valence-electron chi connectivity index (χ2n) is 7.11. The molecule has 0 atom stereocenters. The Kier molecular flexibility index (Phi) is 5.44. The van der Waals surface area contributed by atoms with Crippen molar-refractivity contribution >= 4 is 23.7 Å². The van der Waals surface area contributed by atoms with Gasteiger partial charge in [-0.25, -0.2) is 4.79 Å². The molecule has 0 radical (unpaired) electrons. The standard InChI is InChI=1S/C19H24N2O5/c22-16(12-19(17(23)24)7-2-1-3-8-19)20-15-6-4-5-14(11-15)13-21-9-10-26-18(21)25/h4-6,11H,1-3,7-10,12-13H2,(H,20,22)(H,23,24). The molecular weight excluding hydrogens is 336 g/mol. The molecule has 3 rings (SSSR count). The van der Waals surface area contributed by atoms with Crippen LogP contribution in [0.25, 0.3) is 0 Å². The molecule has 1 aliphatic heterocycles. The summed E-state index contributed by atoms with van der Waals surface area (Å²) in [5, 5.41) is 12.4. The molecule has 2 fully saturated rings. The number of carbonyl (C=O) groups excluding carboxylic acids is 2. The van der Waals surface area contributed by atoms with E-state index in [1.165, 1.54) is 0 Å². The van der Waals surface area contributed by atoms with E-state index in [-0.39, 0.29) is 18.4 Å². The maximum absolute atomic E-state index is 12.4. The zero-order valence-corrected chi connectivity index (χ0v) is 14.7. The van der Waals surface area contributed by atoms with Gasteiger partial charge in [-0.1, -0.05) is 31.4 Å². The molecule has 0 unspecified atom stereocenters. The van der Waals surface area contributed by atoms with E-state index in [9.17, 15) is 19.5 Å². The smallest absolute Gasteiger partial charge is 0.410 e. The van der Waals surface area contributed by atoms with Gasteiger partial charge in [0.2, 0.25) is 5.91 Å². The zero-order chi connectivity index (χ0) is 18.6. The molecule has 1 saturated heterocycles. The molecule has 0 aromatic heterocycles. The summed E-state index contributed by atoms with van der Waals surface area (Å²) in [6.45, 7) is 1.37. The fraction of sp³-hybridized carbons (Fsp3) is 0.526. The second kappa shape index (κ2) is 7.76. The Hall–Kier alpha value is -2.57. The van der Waals surface area contributed by atoms with Gasteiger partial charge in [-0.3, -0.25) is 9.59 Å². The fourth-order valence-electron chi connectivity index (χ4n) is 3.74. The van der Waals surface area contributed by atoms with Crippen LogP contribution in [0.1, 0.15) is 44.1 Å². The lowest BCUT2D eigenvalue weighted by atomic mass is 9.71. The molecule has 140 valence electrons. The van der Waals surface area contributed by atoms with Gasteiger partial charge in [0.05, 0.1) is 12.0 Å². The van der Waals surface area contributed by atoms with Gasteiger partial charge >= 0.3 is 12.1 Å². The van der Waals surface area contributed by atoms with Crippen molar-refractivity contribution in [3.8, 4) is 0 Å². The van der Waals surface area contributed by atoms with E-state index in [0.717, 1.165) is 24.8 Å². The number of benzene rings is 1. The lowest BCUT2D eigenvalue weighted by molar-refractivity contribution is -0.153. The Labute approximate surface area is 152 Å². The highest BCUT2D eigenvalue weighted by Crippen LogP contribution is 2.39. The summed E-state index contributed by atoms with van der Waals surface area (Å²) in [6, 6.07) is 7.25. The van der Waals surface area contributed by atoms with Crippen LogP contribution in [-0.2, 0) is 20.9 Å². The van der Waals surface area contributed by atoms with Gasteiger partial charge in [0, 0.05) is 18.7 Å². The predicted octanol–water partition coefficient (Wildman–Crippen LogP) is 3.00. The number of nitrogens with one attached hydrogen (secondary N) is 1. The van der Waals surface area contributed by atoms with Gasteiger partial charge < -0.3 is 20.1 Å². The monoisotopic (exact) mass is 360 g/mol. The van der Waals surface area contributed by atoms with Crippen LogP contribution >= 0.6 is 0 Å². The van der Waals surface area contributed by atoms with Gasteiger partial charge in [0.1, 0.15) is 6.61 Å². The minimum atomic E-state index is -0.945. The fourth-order valence-corrected chi connectivity index (χ4v) is 3.74. The molecule has 7 nitrogen and oxygen atoms in total. The molecule has 1 aromatic carbocycles. The SMILES string of the molecule is O=C(CC1(C(=O)O)CCCCC1)Nc1cccc(CN2CCOC2=O)c1. The molecule has 1 heterocycles. The van der Waals surface area contributed by atoms with E-state index in [4.69, 9.17) is 4.74 Å². The number of amides is 2. The Morgan fingerprint density at radius 2 is 2.00 bits per heavy atom. The highest BCUT2D eigenvalue weighted by molar-refractivity contribution is 5.94. The van der Waals surface area contributed by atoms with Gasteiger partial charge in [0.15, 0.2) is 0 Å². The molecule has 0 bridgehead atoms. The number of hydrogen-bond acceptors (Lipinski definition) is 4. The average molecular weight is 360 g/mol. The van der Waals surface area contributed by atoms with Crippen LogP contribution < -0.4 is 5.32 Å². The molecule has 7 heteroatoms. The summed E-state index contributed by atoms with van der Waals surface area (Å²) >= 11 is 0. The molecule has 26 heavy (non-hydrogen) atoms. The number of ether oxygens (including phenoxy) is 1. The quantitative estimate of drug-likeness (QED) is 0.813. The Morgan fingerprint density at radius 1 is 1.23 bits per heavy atom. The molecule has 1 saturated carbocycles. The first-order valence-corrected chi connectivity index (χ1v) is 9.02. The highest BCUT2D eigenvalue weighted by Gasteiger charge is 2.41. The first-order chi connectivity index (χ1) is 12.5. The second-order valence-corrected chi connectivity index (χ2v) is 7.11. The number of carboxylic acids is 1. The van der Waals surface area contributed by atoms with Crippen molar-refractivity contribution in [2.45, 2.75) is 45.1 Å². The van der Waals surface area contributed by atoms with Crippen LogP contribution in [-0.4, -0.2) is 41.1 Å². The van der Waals surface area contributed by atoms with E-state index in [1.807, 2.05) is 6.07 Å². The summed E-state index contributed by atoms with van der Waals surface area (Å²) in [5.74, 6) is -1.17. The number of rotatable bonds is 6. The summed E-state index contributed by atoms with van der Waals surface area (Å²) in [7, 11) is 0. The average Bonchev–Trinajstić information content (AvgIpc) is 3.00. The number of carbonyl (C=O) groups is 3. The van der Waals surface area contributed by atoms with E-state index in [1.54, 1.807) is 23.1 Å². The molecule has 2 aliphatic rings. The lowest BCUT2D eigenvalue weighted by Gasteiger charge is -2.32. The van der Waals surface area contributed by atoms with E-state index in [2.05, 4.69) is 5.32 Å². The molecule has 0 spiro atoms. The predicted molar refractivity (Wildman–Crippen MR) is 94.6 cm³/mol. The third-order valence-corrected chi connectivity index (χ3v) is 5.19. The van der Waals surface area contributed by atoms with E-state index in [0.29, 0.717) is 38.2 Å². The van der Waals surface area contributed by atoms with Crippen molar-refractivity contribution in [3.05, 3.63) is 29.8 Å². The third kappa shape index (κ3) is 4.15. The minimum Gasteiger partial charge on any atom is -0.481 e. The van der Waals surface area contributed by atoms with Crippen molar-refractivity contribution in [3.63, 3.8) is 0 Å². The lowest BCUT2D eigenvalue weighted by Crippen LogP contribution is -2.37.